The predicted octanol–water partition coefficient (Wildman–Crippen LogP) is 3.35. The van der Waals surface area contributed by atoms with Crippen LogP contribution in [0.5, 0.6) is 5.75 Å². The Hall–Kier alpha value is -3.28. The molecule has 1 unspecified atom stereocenters. The Morgan fingerprint density at radius 1 is 1.17 bits per heavy atom. The van der Waals surface area contributed by atoms with E-state index < -0.39 is 17.7 Å². The van der Waals surface area contributed by atoms with Crippen LogP contribution in [-0.4, -0.2) is 48.4 Å². The lowest BCUT2D eigenvalue weighted by molar-refractivity contribution is -0.139. The SMILES string of the molecule is CCCN1C(=O)C(=O)/C(=C(\O)c2ccc3c(c2)N(C)CCO3)C1c1ccccc1. The average Bonchev–Trinajstić information content (AvgIpc) is 2.99. The van der Waals surface area contributed by atoms with Gasteiger partial charge in [0.25, 0.3) is 11.7 Å². The summed E-state index contributed by atoms with van der Waals surface area (Å²) in [6, 6.07) is 14.1. The molecule has 6 nitrogen and oxygen atoms in total. The van der Waals surface area contributed by atoms with Gasteiger partial charge in [-0.2, -0.15) is 0 Å². The molecule has 1 atom stereocenters. The number of aliphatic hydroxyl groups excluding tert-OH is 1. The third-order valence-corrected chi connectivity index (χ3v) is 5.45. The van der Waals surface area contributed by atoms with E-state index in [1.54, 1.807) is 23.1 Å². The third-order valence-electron chi connectivity index (χ3n) is 5.45. The molecule has 0 saturated carbocycles. The van der Waals surface area contributed by atoms with Crippen LogP contribution in [0, 0.1) is 0 Å². The zero-order chi connectivity index (χ0) is 20.5. The number of likely N-dealkylation sites (N-methyl/N-ethyl adjacent to an activating group) is 1. The Bertz CT molecular complexity index is 984. The first-order chi connectivity index (χ1) is 14.0. The molecule has 6 heteroatoms. The van der Waals surface area contributed by atoms with Crippen molar-refractivity contribution in [1.82, 2.24) is 4.90 Å². The summed E-state index contributed by atoms with van der Waals surface area (Å²) in [4.78, 5) is 29.2. The lowest BCUT2D eigenvalue weighted by atomic mass is 9.95. The maximum atomic E-state index is 12.9. The van der Waals surface area contributed by atoms with E-state index in [0.717, 1.165) is 30.0 Å². The van der Waals surface area contributed by atoms with Gasteiger partial charge in [-0.3, -0.25) is 9.59 Å². The number of nitrogens with zero attached hydrogens (tertiary/aromatic N) is 2. The van der Waals surface area contributed by atoms with Crippen LogP contribution in [0.25, 0.3) is 5.76 Å². The molecule has 0 radical (unpaired) electrons. The Morgan fingerprint density at radius 2 is 1.93 bits per heavy atom. The van der Waals surface area contributed by atoms with Gasteiger partial charge in [0.15, 0.2) is 0 Å². The molecule has 2 aliphatic heterocycles. The Morgan fingerprint density at radius 3 is 2.66 bits per heavy atom. The van der Waals surface area contributed by atoms with Gasteiger partial charge in [-0.25, -0.2) is 0 Å². The van der Waals surface area contributed by atoms with E-state index in [4.69, 9.17) is 4.74 Å². The van der Waals surface area contributed by atoms with E-state index in [2.05, 4.69) is 0 Å². The molecule has 1 N–H and O–H groups in total. The van der Waals surface area contributed by atoms with Gasteiger partial charge in [0, 0.05) is 19.2 Å². The molecule has 4 rings (SSSR count). The summed E-state index contributed by atoms with van der Waals surface area (Å²) in [6.07, 6.45) is 0.720. The largest absolute Gasteiger partial charge is 0.507 e. The molecular weight excluding hydrogens is 368 g/mol. The molecule has 1 amide bonds. The highest BCUT2D eigenvalue weighted by molar-refractivity contribution is 6.46. The van der Waals surface area contributed by atoms with E-state index in [9.17, 15) is 14.7 Å². The highest BCUT2D eigenvalue weighted by Gasteiger charge is 2.45. The number of anilines is 1. The van der Waals surface area contributed by atoms with Crippen molar-refractivity contribution in [1.29, 1.82) is 0 Å². The van der Waals surface area contributed by atoms with E-state index in [0.29, 0.717) is 18.7 Å². The standard InChI is InChI=1S/C23H24N2O4/c1-3-11-25-20(15-7-5-4-6-8-15)19(22(27)23(25)28)21(26)16-9-10-18-17(14-16)24(2)12-13-29-18/h4-10,14,20,26H,3,11-13H2,1-2H3/b21-19-. The molecule has 0 aliphatic carbocycles. The maximum absolute atomic E-state index is 12.9. The van der Waals surface area contributed by atoms with Gasteiger partial charge >= 0.3 is 0 Å². The summed E-state index contributed by atoms with van der Waals surface area (Å²) in [5.41, 5.74) is 2.28. The first-order valence-electron chi connectivity index (χ1n) is 9.84. The number of likely N-dealkylation sites (tertiary alicyclic amines) is 1. The number of amides is 1. The molecule has 2 aliphatic rings. The second-order valence-electron chi connectivity index (χ2n) is 7.36. The fourth-order valence-corrected chi connectivity index (χ4v) is 3.99. The van der Waals surface area contributed by atoms with Gasteiger partial charge < -0.3 is 19.6 Å². The minimum Gasteiger partial charge on any atom is -0.507 e. The normalized spacial score (nSPS) is 20.6. The fraction of sp³-hybridized carbons (Fsp3) is 0.304. The highest BCUT2D eigenvalue weighted by Crippen LogP contribution is 2.41. The number of benzene rings is 2. The van der Waals surface area contributed by atoms with Crippen LogP contribution in [-0.2, 0) is 9.59 Å². The summed E-state index contributed by atoms with van der Waals surface area (Å²) in [5, 5.41) is 11.1. The Kier molecular flexibility index (Phi) is 5.01. The first-order valence-corrected chi connectivity index (χ1v) is 9.84. The number of Topliss-reactive ketones (excluding diaryl/α,β-unsaturated/α-hetero) is 1. The molecule has 1 saturated heterocycles. The second kappa shape index (κ2) is 7.62. The van der Waals surface area contributed by atoms with E-state index in [1.807, 2.05) is 49.2 Å². The van der Waals surface area contributed by atoms with Crippen LogP contribution in [0.3, 0.4) is 0 Å². The van der Waals surface area contributed by atoms with Crippen LogP contribution in [0.2, 0.25) is 0 Å². The summed E-state index contributed by atoms with van der Waals surface area (Å²) >= 11 is 0. The zero-order valence-corrected chi connectivity index (χ0v) is 16.6. The van der Waals surface area contributed by atoms with Crippen molar-refractivity contribution in [2.24, 2.45) is 0 Å². The number of hydrogen-bond donors (Lipinski definition) is 1. The maximum Gasteiger partial charge on any atom is 0.295 e. The molecule has 29 heavy (non-hydrogen) atoms. The van der Waals surface area contributed by atoms with Crippen LogP contribution in [0.15, 0.2) is 54.1 Å². The predicted molar refractivity (Wildman–Crippen MR) is 111 cm³/mol. The van der Waals surface area contributed by atoms with Gasteiger partial charge in [0.1, 0.15) is 18.1 Å². The molecule has 2 aromatic rings. The summed E-state index contributed by atoms with van der Waals surface area (Å²) < 4.78 is 5.66. The van der Waals surface area contributed by atoms with Crippen molar-refractivity contribution in [3.05, 3.63) is 65.2 Å². The summed E-state index contributed by atoms with van der Waals surface area (Å²) in [6.45, 7) is 3.75. The average molecular weight is 392 g/mol. The quantitative estimate of drug-likeness (QED) is 0.491. The third kappa shape index (κ3) is 3.24. The number of carbonyl (C=O) groups is 2. The first kappa shape index (κ1) is 19.1. The minimum atomic E-state index is -0.646. The van der Waals surface area contributed by atoms with Gasteiger partial charge in [-0.05, 0) is 30.2 Å². The zero-order valence-electron chi connectivity index (χ0n) is 16.6. The molecule has 2 aromatic carbocycles. The van der Waals surface area contributed by atoms with Crippen LogP contribution >= 0.6 is 0 Å². The Balaban J connectivity index is 1.85. The minimum absolute atomic E-state index is 0.133. The summed E-state index contributed by atoms with van der Waals surface area (Å²) in [7, 11) is 1.95. The second-order valence-corrected chi connectivity index (χ2v) is 7.36. The summed E-state index contributed by atoms with van der Waals surface area (Å²) in [5.74, 6) is -0.633. The molecule has 0 bridgehead atoms. The molecular formula is C23H24N2O4. The number of hydrogen-bond acceptors (Lipinski definition) is 5. The van der Waals surface area contributed by atoms with Crippen molar-refractivity contribution in [2.75, 3.05) is 31.6 Å². The lowest BCUT2D eigenvalue weighted by Crippen LogP contribution is -2.30. The highest BCUT2D eigenvalue weighted by atomic mass is 16.5. The number of rotatable bonds is 4. The fourth-order valence-electron chi connectivity index (χ4n) is 3.99. The van der Waals surface area contributed by atoms with Gasteiger partial charge in [-0.15, -0.1) is 0 Å². The number of aliphatic hydroxyl groups is 1. The van der Waals surface area contributed by atoms with Crippen molar-refractivity contribution in [3.63, 3.8) is 0 Å². The molecule has 0 spiro atoms. The van der Waals surface area contributed by atoms with Gasteiger partial charge in [0.05, 0.1) is 23.8 Å². The van der Waals surface area contributed by atoms with Gasteiger partial charge in [-0.1, -0.05) is 37.3 Å². The van der Waals surface area contributed by atoms with Crippen LogP contribution < -0.4 is 9.64 Å². The van der Waals surface area contributed by atoms with E-state index in [1.165, 1.54) is 0 Å². The number of ketones is 1. The topological polar surface area (TPSA) is 70.1 Å². The number of carbonyl (C=O) groups excluding carboxylic acids is 2. The van der Waals surface area contributed by atoms with Crippen LogP contribution in [0.4, 0.5) is 5.69 Å². The smallest absolute Gasteiger partial charge is 0.295 e. The van der Waals surface area contributed by atoms with Gasteiger partial charge in [0.2, 0.25) is 0 Å². The molecule has 1 fully saturated rings. The number of fused-ring (bicyclic) bond motifs is 1. The van der Waals surface area contributed by atoms with Crippen molar-refractivity contribution < 1.29 is 19.4 Å². The number of ether oxygens (including phenoxy) is 1. The molecule has 2 heterocycles. The van der Waals surface area contributed by atoms with Crippen molar-refractivity contribution in [2.45, 2.75) is 19.4 Å². The van der Waals surface area contributed by atoms with Crippen molar-refractivity contribution >= 4 is 23.1 Å². The molecule has 0 aromatic heterocycles. The Labute approximate surface area is 170 Å². The van der Waals surface area contributed by atoms with Crippen LogP contribution in [0.1, 0.15) is 30.5 Å². The van der Waals surface area contributed by atoms with E-state index in [-0.39, 0.29) is 11.3 Å². The monoisotopic (exact) mass is 392 g/mol. The lowest BCUT2D eigenvalue weighted by Gasteiger charge is -2.28. The van der Waals surface area contributed by atoms with E-state index >= 15 is 0 Å². The molecule has 150 valence electrons. The van der Waals surface area contributed by atoms with Crippen molar-refractivity contribution in [3.8, 4) is 5.75 Å².